The molecular formula is C42H44N6O8S. The third kappa shape index (κ3) is 4.91. The van der Waals surface area contributed by atoms with E-state index in [9.17, 15) is 15.2 Å². The van der Waals surface area contributed by atoms with E-state index >= 15 is 4.79 Å². The first-order valence-electron chi connectivity index (χ1n) is 19.3. The lowest BCUT2D eigenvalue weighted by Crippen LogP contribution is -2.69. The first kappa shape index (κ1) is 36.4. The number of carbonyl (C=O) groups excluding carboxylic acids is 2. The molecule has 1 aromatic heterocycles. The molecule has 4 bridgehead atoms. The molecule has 3 aromatic carbocycles. The molecule has 296 valence electrons. The Morgan fingerprint density at radius 1 is 1.14 bits per heavy atom. The quantitative estimate of drug-likeness (QED) is 0.172. The Morgan fingerprint density at radius 3 is 2.68 bits per heavy atom. The summed E-state index contributed by atoms with van der Waals surface area (Å²) in [7, 11) is 3.56. The number of hydrogen-bond donors (Lipinski definition) is 4. The van der Waals surface area contributed by atoms with E-state index in [0.29, 0.717) is 59.1 Å². The summed E-state index contributed by atoms with van der Waals surface area (Å²) in [4.78, 5) is 36.1. The first-order valence-corrected chi connectivity index (χ1v) is 20.4. The van der Waals surface area contributed by atoms with Gasteiger partial charge in [0.2, 0.25) is 6.79 Å². The highest BCUT2D eigenvalue weighted by Crippen LogP contribution is 2.64. The molecule has 0 amide bonds. The standard InChI is InChI=1S/C42H44N6O8S/c1-18-10-21-11-26-27(14-44)48-28-15-53-41(51)42(40-24(12-22(13-43)46-42)23-8-6-7-9-25(23)45-40)16-57-39(33(48)32(47(26)4)29(21)34(50)35(18)52-5)31-30(28)38-37(54-17-55-38)19(2)36(31)56-20(3)49/h6-10,22,26-28,32-33,39,45-46,50H,11-13,15-17,43H2,1-5H3/t22-,26?,27-,28-,32-,33+,39+,42+/m0/s1. The molecule has 5 N–H and O–H groups in total. The largest absolute Gasteiger partial charge is 0.504 e. The zero-order chi connectivity index (χ0) is 39.7. The number of benzene rings is 3. The van der Waals surface area contributed by atoms with Crippen LogP contribution in [0, 0.1) is 25.2 Å². The van der Waals surface area contributed by atoms with E-state index in [1.54, 1.807) is 7.11 Å². The Morgan fingerprint density at radius 2 is 1.93 bits per heavy atom. The average molecular weight is 793 g/mol. The van der Waals surface area contributed by atoms with Crippen LogP contribution in [-0.4, -0.2) is 95.9 Å². The number of para-hydroxylation sites is 1. The molecule has 2 saturated heterocycles. The number of nitrogens with one attached hydrogen (secondary N) is 2. The number of nitrogens with two attached hydrogens (primary N) is 1. The number of H-pyrrole nitrogens is 1. The minimum absolute atomic E-state index is 0.0490. The van der Waals surface area contributed by atoms with Crippen LogP contribution in [0.1, 0.15) is 68.9 Å². The fourth-order valence-electron chi connectivity index (χ4n) is 10.9. The SMILES string of the molecule is COc1c(C)cc2c(c1O)[C@H]1[C@@H]3[C@@H]4SC[C@]5(N[C@H](CN)Cc6c5[nH]c5ccccc65)C(=O)OC[C@@H](c5c6c(c(C)c(OC(C)=O)c54)OCO6)N3[C@@H](C#N)C(C2)N1C. The maximum Gasteiger partial charge on any atom is 0.333 e. The van der Waals surface area contributed by atoms with Crippen LogP contribution in [0.3, 0.4) is 0 Å². The van der Waals surface area contributed by atoms with Crippen molar-refractivity contribution < 1.29 is 38.4 Å². The van der Waals surface area contributed by atoms with E-state index in [0.717, 1.165) is 38.9 Å². The molecule has 7 aliphatic heterocycles. The van der Waals surface area contributed by atoms with Crippen LogP contribution in [0.5, 0.6) is 28.7 Å². The molecule has 0 radical (unpaired) electrons. The van der Waals surface area contributed by atoms with Crippen molar-refractivity contribution in [1.82, 2.24) is 20.1 Å². The molecule has 11 rings (SSSR count). The lowest BCUT2D eigenvalue weighted by Gasteiger charge is -2.62. The summed E-state index contributed by atoms with van der Waals surface area (Å²) in [6.45, 7) is 5.22. The summed E-state index contributed by atoms with van der Waals surface area (Å²) in [6, 6.07) is 9.84. The van der Waals surface area contributed by atoms with Gasteiger partial charge in [-0.05, 0) is 56.5 Å². The molecule has 0 saturated carbocycles. The number of thioether (sulfide) groups is 1. The van der Waals surface area contributed by atoms with Crippen LogP contribution in [0.2, 0.25) is 0 Å². The predicted octanol–water partition coefficient (Wildman–Crippen LogP) is 4.08. The van der Waals surface area contributed by atoms with Gasteiger partial charge in [0, 0.05) is 70.5 Å². The van der Waals surface area contributed by atoms with Crippen molar-refractivity contribution in [2.75, 3.05) is 39.9 Å². The van der Waals surface area contributed by atoms with Crippen molar-refractivity contribution in [1.29, 1.82) is 5.26 Å². The highest BCUT2D eigenvalue weighted by Gasteiger charge is 2.62. The van der Waals surface area contributed by atoms with Gasteiger partial charge in [-0.2, -0.15) is 5.26 Å². The molecular weight excluding hydrogens is 749 g/mol. The van der Waals surface area contributed by atoms with Crippen LogP contribution >= 0.6 is 11.8 Å². The normalized spacial score (nSPS) is 29.8. The Bertz CT molecular complexity index is 2450. The monoisotopic (exact) mass is 792 g/mol. The molecule has 57 heavy (non-hydrogen) atoms. The second kappa shape index (κ2) is 13.0. The van der Waals surface area contributed by atoms with Gasteiger partial charge >= 0.3 is 11.9 Å². The molecule has 4 aromatic rings. The molecule has 14 nitrogen and oxygen atoms in total. The van der Waals surface area contributed by atoms with Crippen molar-refractivity contribution in [3.05, 3.63) is 75.0 Å². The number of phenolic OH excluding ortho intramolecular Hbond substituents is 1. The topological polar surface area (TPSA) is 185 Å². The van der Waals surface area contributed by atoms with Crippen molar-refractivity contribution >= 4 is 34.6 Å². The number of aromatic amines is 1. The van der Waals surface area contributed by atoms with Gasteiger partial charge in [-0.15, -0.1) is 11.8 Å². The second-order valence-electron chi connectivity index (χ2n) is 16.0. The molecule has 2 fully saturated rings. The Hall–Kier alpha value is -4.98. The number of nitrogens with zero attached hydrogens (tertiary/aromatic N) is 3. The zero-order valence-corrected chi connectivity index (χ0v) is 33.1. The Balaban J connectivity index is 1.26. The average Bonchev–Trinajstić information content (AvgIpc) is 3.84. The van der Waals surface area contributed by atoms with E-state index < -0.39 is 46.9 Å². The van der Waals surface area contributed by atoms with Gasteiger partial charge in [-0.3, -0.25) is 19.9 Å². The third-order valence-electron chi connectivity index (χ3n) is 13.2. The number of nitriles is 1. The van der Waals surface area contributed by atoms with E-state index in [2.05, 4.69) is 38.3 Å². The van der Waals surface area contributed by atoms with Crippen LogP contribution in [-0.2, 0) is 32.7 Å². The Labute approximate surface area is 333 Å². The van der Waals surface area contributed by atoms with Gasteiger partial charge in [-0.1, -0.05) is 24.3 Å². The van der Waals surface area contributed by atoms with Gasteiger partial charge in [0.15, 0.2) is 28.5 Å². The second-order valence-corrected chi connectivity index (χ2v) is 17.2. The molecule has 7 aliphatic rings. The van der Waals surface area contributed by atoms with E-state index in [1.807, 2.05) is 39.1 Å². The minimum Gasteiger partial charge on any atom is -0.504 e. The number of phenols is 1. The molecule has 1 unspecified atom stereocenters. The van der Waals surface area contributed by atoms with Crippen molar-refractivity contribution in [2.24, 2.45) is 5.73 Å². The number of carbonyl (C=O) groups is 2. The van der Waals surface area contributed by atoms with Gasteiger partial charge in [0.05, 0.1) is 36.2 Å². The Kier molecular flexibility index (Phi) is 8.31. The number of rotatable bonds is 3. The highest BCUT2D eigenvalue weighted by molar-refractivity contribution is 7.99. The van der Waals surface area contributed by atoms with Crippen LogP contribution < -0.4 is 30.0 Å². The van der Waals surface area contributed by atoms with Gasteiger partial charge in [0.25, 0.3) is 0 Å². The number of fused-ring (bicyclic) bond motifs is 11. The summed E-state index contributed by atoms with van der Waals surface area (Å²) in [5, 5.41) is 27.5. The summed E-state index contributed by atoms with van der Waals surface area (Å²) in [5.41, 5.74) is 12.2. The van der Waals surface area contributed by atoms with Gasteiger partial charge in [-0.25, -0.2) is 4.79 Å². The molecule has 15 heteroatoms. The minimum atomic E-state index is -1.35. The van der Waals surface area contributed by atoms with Crippen LogP contribution in [0.25, 0.3) is 10.9 Å². The van der Waals surface area contributed by atoms with Crippen molar-refractivity contribution in [3.8, 4) is 34.8 Å². The molecule has 8 atom stereocenters. The first-order chi connectivity index (χ1) is 27.5. The molecule has 1 spiro atoms. The predicted molar refractivity (Wildman–Crippen MR) is 210 cm³/mol. The summed E-state index contributed by atoms with van der Waals surface area (Å²) >= 11 is 1.53. The maximum atomic E-state index is 15.0. The van der Waals surface area contributed by atoms with Crippen LogP contribution in [0.4, 0.5) is 0 Å². The fourth-order valence-corrected chi connectivity index (χ4v) is 12.6. The van der Waals surface area contributed by atoms with E-state index in [1.165, 1.54) is 18.7 Å². The van der Waals surface area contributed by atoms with E-state index in [4.69, 9.17) is 29.4 Å². The summed E-state index contributed by atoms with van der Waals surface area (Å²) in [5.74, 6) is 0.959. The number of likely N-dealkylation sites (N-methyl/N-ethyl adjacent to an activating group) is 1. The lowest BCUT2D eigenvalue weighted by molar-refractivity contribution is -0.158. The smallest absolute Gasteiger partial charge is 0.333 e. The number of ether oxygens (including phenoxy) is 5. The molecule has 8 heterocycles. The van der Waals surface area contributed by atoms with Crippen molar-refractivity contribution in [2.45, 2.75) is 80.7 Å². The number of hydrogen-bond acceptors (Lipinski definition) is 14. The fraction of sp³-hybridized carbons (Fsp3) is 0.452. The van der Waals surface area contributed by atoms with Crippen molar-refractivity contribution in [3.63, 3.8) is 0 Å². The van der Waals surface area contributed by atoms with Gasteiger partial charge < -0.3 is 39.5 Å². The highest BCUT2D eigenvalue weighted by atomic mass is 32.2. The number of esters is 2. The third-order valence-corrected chi connectivity index (χ3v) is 14.6. The number of piperazine rings is 1. The summed E-state index contributed by atoms with van der Waals surface area (Å²) < 4.78 is 30.9. The number of aromatic nitrogens is 1. The van der Waals surface area contributed by atoms with E-state index in [-0.39, 0.29) is 37.0 Å². The number of aryl methyl sites for hydroxylation is 1. The summed E-state index contributed by atoms with van der Waals surface area (Å²) in [6.07, 6.45) is 1.12. The maximum absolute atomic E-state index is 15.0. The molecule has 0 aliphatic carbocycles. The zero-order valence-electron chi connectivity index (χ0n) is 32.3. The lowest BCUT2D eigenvalue weighted by atomic mass is 9.71. The van der Waals surface area contributed by atoms with Gasteiger partial charge in [0.1, 0.15) is 18.4 Å². The van der Waals surface area contributed by atoms with Crippen LogP contribution in [0.15, 0.2) is 30.3 Å². The number of methoxy groups -OCH3 is 1. The number of aromatic hydroxyl groups is 1.